The first-order valence-electron chi connectivity index (χ1n) is 4.66. The van der Waals surface area contributed by atoms with Crippen LogP contribution in [0, 0.1) is 0 Å². The van der Waals surface area contributed by atoms with Crippen molar-refractivity contribution in [2.24, 2.45) is 0 Å². The predicted molar refractivity (Wildman–Crippen MR) is 56.3 cm³/mol. The second-order valence-corrected chi connectivity index (χ2v) is 3.88. The van der Waals surface area contributed by atoms with Gasteiger partial charge >= 0.3 is 0 Å². The zero-order valence-corrected chi connectivity index (χ0v) is 9.09. The highest BCUT2D eigenvalue weighted by Gasteiger charge is 2.03. The quantitative estimate of drug-likeness (QED) is 0.702. The minimum Gasteiger partial charge on any atom is -0.389 e. The van der Waals surface area contributed by atoms with Crippen LogP contribution in [0.5, 0.6) is 0 Å². The van der Waals surface area contributed by atoms with Gasteiger partial charge in [0, 0.05) is 30.8 Å². The molecule has 0 bridgehead atoms. The van der Waals surface area contributed by atoms with E-state index in [1.54, 1.807) is 16.8 Å². The Balaban J connectivity index is 2.03. The summed E-state index contributed by atoms with van der Waals surface area (Å²) >= 11 is 1.61. The molecule has 1 heterocycles. The molecule has 14 heavy (non-hydrogen) atoms. The molecule has 1 aromatic heterocycles. The zero-order chi connectivity index (χ0) is 10.2. The van der Waals surface area contributed by atoms with Crippen molar-refractivity contribution in [1.82, 2.24) is 10.3 Å². The molecule has 0 spiro atoms. The summed E-state index contributed by atoms with van der Waals surface area (Å²) in [6.07, 6.45) is 1.40. The van der Waals surface area contributed by atoms with Crippen LogP contribution in [0.4, 0.5) is 0 Å². The Bertz CT molecular complexity index is 229. The van der Waals surface area contributed by atoms with Crippen molar-refractivity contribution in [2.75, 3.05) is 19.8 Å². The predicted octanol–water partition coefficient (Wildman–Crippen LogP) is 0.630. The van der Waals surface area contributed by atoms with E-state index in [0.29, 0.717) is 19.8 Å². The lowest BCUT2D eigenvalue weighted by Crippen LogP contribution is -2.29. The molecule has 0 aromatic carbocycles. The topological polar surface area (TPSA) is 54.4 Å². The Morgan fingerprint density at radius 1 is 1.71 bits per heavy atom. The van der Waals surface area contributed by atoms with Crippen LogP contribution in [0.3, 0.4) is 0 Å². The summed E-state index contributed by atoms with van der Waals surface area (Å²) in [7, 11) is 0. The first-order chi connectivity index (χ1) is 6.83. The number of nitrogens with zero attached hydrogens (tertiary/aromatic N) is 1. The zero-order valence-electron chi connectivity index (χ0n) is 8.27. The second kappa shape index (κ2) is 6.89. The van der Waals surface area contributed by atoms with Crippen molar-refractivity contribution in [3.05, 3.63) is 16.6 Å². The van der Waals surface area contributed by atoms with Gasteiger partial charge in [-0.05, 0) is 6.92 Å². The molecular weight excluding hydrogens is 200 g/mol. The smallest absolute Gasteiger partial charge is 0.0897 e. The average Bonchev–Trinajstić information content (AvgIpc) is 2.67. The summed E-state index contributed by atoms with van der Waals surface area (Å²) in [6, 6.07) is 0. The summed E-state index contributed by atoms with van der Waals surface area (Å²) in [4.78, 5) is 5.14. The normalized spacial score (nSPS) is 13.0. The number of ether oxygens (including phenoxy) is 1. The van der Waals surface area contributed by atoms with Gasteiger partial charge in [0.25, 0.3) is 0 Å². The van der Waals surface area contributed by atoms with E-state index in [0.717, 1.165) is 6.54 Å². The number of aliphatic hydroxyl groups excluding tert-OH is 1. The molecule has 0 saturated heterocycles. The number of rotatable bonds is 7. The van der Waals surface area contributed by atoms with Crippen LogP contribution in [0.1, 0.15) is 11.8 Å². The maximum atomic E-state index is 9.41. The molecule has 1 aromatic rings. The molecule has 80 valence electrons. The highest BCUT2D eigenvalue weighted by atomic mass is 32.1. The van der Waals surface area contributed by atoms with Crippen molar-refractivity contribution in [3.63, 3.8) is 0 Å². The van der Waals surface area contributed by atoms with Gasteiger partial charge in [0.2, 0.25) is 0 Å². The molecule has 2 N–H and O–H groups in total. The number of nitrogens with one attached hydrogen (secondary N) is 1. The van der Waals surface area contributed by atoms with Gasteiger partial charge in [-0.1, -0.05) is 0 Å². The van der Waals surface area contributed by atoms with Gasteiger partial charge in [-0.15, -0.1) is 11.3 Å². The molecule has 0 fully saturated rings. The molecule has 0 saturated carbocycles. The van der Waals surface area contributed by atoms with Crippen LogP contribution < -0.4 is 5.32 Å². The van der Waals surface area contributed by atoms with Gasteiger partial charge in [0.15, 0.2) is 0 Å². The largest absolute Gasteiger partial charge is 0.389 e. The molecule has 0 aliphatic heterocycles. The molecule has 0 radical (unpaired) electrons. The lowest BCUT2D eigenvalue weighted by Gasteiger charge is -2.10. The second-order valence-electron chi connectivity index (χ2n) is 2.91. The van der Waals surface area contributed by atoms with E-state index < -0.39 is 6.10 Å². The van der Waals surface area contributed by atoms with E-state index in [1.807, 2.05) is 13.1 Å². The Hall–Kier alpha value is -0.490. The maximum Gasteiger partial charge on any atom is 0.0897 e. The minimum absolute atomic E-state index is 0.395. The van der Waals surface area contributed by atoms with Crippen LogP contribution in [-0.2, 0) is 11.3 Å². The van der Waals surface area contributed by atoms with Gasteiger partial charge in [0.1, 0.15) is 0 Å². The van der Waals surface area contributed by atoms with Crippen LogP contribution in [0.15, 0.2) is 11.7 Å². The van der Waals surface area contributed by atoms with E-state index in [-0.39, 0.29) is 0 Å². The van der Waals surface area contributed by atoms with Crippen LogP contribution in [0.25, 0.3) is 0 Å². The van der Waals surface area contributed by atoms with Gasteiger partial charge in [0.05, 0.1) is 18.2 Å². The van der Waals surface area contributed by atoms with Crippen molar-refractivity contribution in [3.8, 4) is 0 Å². The van der Waals surface area contributed by atoms with E-state index in [2.05, 4.69) is 10.3 Å². The Morgan fingerprint density at radius 3 is 3.21 bits per heavy atom. The number of thiazole rings is 1. The molecule has 0 amide bonds. The monoisotopic (exact) mass is 216 g/mol. The third kappa shape index (κ3) is 4.66. The highest BCUT2D eigenvalue weighted by molar-refractivity contribution is 7.09. The SMILES string of the molecule is CCOCC(O)CNCc1cncs1. The van der Waals surface area contributed by atoms with Crippen LogP contribution >= 0.6 is 11.3 Å². The van der Waals surface area contributed by atoms with Gasteiger partial charge in [-0.2, -0.15) is 0 Å². The van der Waals surface area contributed by atoms with Gasteiger partial charge < -0.3 is 15.2 Å². The average molecular weight is 216 g/mol. The summed E-state index contributed by atoms with van der Waals surface area (Å²) in [5, 5.41) is 12.5. The van der Waals surface area contributed by atoms with E-state index >= 15 is 0 Å². The third-order valence-corrected chi connectivity index (χ3v) is 2.46. The number of hydrogen-bond acceptors (Lipinski definition) is 5. The molecule has 1 rings (SSSR count). The summed E-state index contributed by atoms with van der Waals surface area (Å²) in [6.45, 7) is 4.27. The molecule has 4 nitrogen and oxygen atoms in total. The number of aliphatic hydroxyl groups is 1. The molecular formula is C9H16N2O2S. The molecule has 0 aliphatic rings. The summed E-state index contributed by atoms with van der Waals surface area (Å²) < 4.78 is 5.08. The van der Waals surface area contributed by atoms with Crippen molar-refractivity contribution in [1.29, 1.82) is 0 Å². The standard InChI is InChI=1S/C9H16N2O2S/c1-2-13-6-8(12)3-10-4-9-5-11-7-14-9/h5,7-8,10,12H,2-4,6H2,1H3. The fourth-order valence-corrected chi connectivity index (χ4v) is 1.57. The molecule has 1 atom stereocenters. The lowest BCUT2D eigenvalue weighted by molar-refractivity contribution is 0.0427. The van der Waals surface area contributed by atoms with Crippen LogP contribution in [0.2, 0.25) is 0 Å². The number of hydrogen-bond donors (Lipinski definition) is 2. The third-order valence-electron chi connectivity index (χ3n) is 1.68. The highest BCUT2D eigenvalue weighted by Crippen LogP contribution is 2.03. The van der Waals surface area contributed by atoms with Crippen molar-refractivity contribution in [2.45, 2.75) is 19.6 Å². The molecule has 1 unspecified atom stereocenters. The van der Waals surface area contributed by atoms with E-state index in [1.165, 1.54) is 4.88 Å². The Labute approximate surface area is 87.9 Å². The van der Waals surface area contributed by atoms with E-state index in [9.17, 15) is 5.11 Å². The van der Waals surface area contributed by atoms with Gasteiger partial charge in [-0.25, -0.2) is 0 Å². The molecule has 5 heteroatoms. The van der Waals surface area contributed by atoms with Gasteiger partial charge in [-0.3, -0.25) is 4.98 Å². The maximum absolute atomic E-state index is 9.41. The number of aromatic nitrogens is 1. The fraction of sp³-hybridized carbons (Fsp3) is 0.667. The van der Waals surface area contributed by atoms with Crippen LogP contribution in [-0.4, -0.2) is 36.0 Å². The Morgan fingerprint density at radius 2 is 2.57 bits per heavy atom. The Kier molecular flexibility index (Phi) is 5.70. The van der Waals surface area contributed by atoms with Crippen molar-refractivity contribution < 1.29 is 9.84 Å². The van der Waals surface area contributed by atoms with E-state index in [4.69, 9.17) is 4.74 Å². The first-order valence-corrected chi connectivity index (χ1v) is 5.54. The summed E-state index contributed by atoms with van der Waals surface area (Å²) in [5.41, 5.74) is 1.80. The lowest BCUT2D eigenvalue weighted by atomic mass is 10.3. The minimum atomic E-state index is -0.428. The first kappa shape index (κ1) is 11.6. The fourth-order valence-electron chi connectivity index (χ4n) is 1.00. The van der Waals surface area contributed by atoms with Crippen molar-refractivity contribution >= 4 is 11.3 Å². The molecule has 0 aliphatic carbocycles. The summed E-state index contributed by atoms with van der Waals surface area (Å²) in [5.74, 6) is 0.